The maximum absolute atomic E-state index is 11.4. The highest BCUT2D eigenvalue weighted by Crippen LogP contribution is 2.37. The first-order valence-electron chi connectivity index (χ1n) is 8.12. The highest BCUT2D eigenvalue weighted by atomic mass is 16.1. The topological polar surface area (TPSA) is 105 Å². The third-order valence-electron chi connectivity index (χ3n) is 4.93. The van der Waals surface area contributed by atoms with Gasteiger partial charge in [0.1, 0.15) is 0 Å². The number of carbonyl (C=O) groups excluding carboxylic acids is 1. The maximum atomic E-state index is 11.4. The Hall–Kier alpha value is -2.35. The first-order chi connectivity index (χ1) is 11.7. The molecule has 4 heterocycles. The molecule has 7 nitrogen and oxygen atoms in total. The summed E-state index contributed by atoms with van der Waals surface area (Å²) in [6, 6.07) is 8.13. The van der Waals surface area contributed by atoms with E-state index in [4.69, 9.17) is 5.73 Å². The summed E-state index contributed by atoms with van der Waals surface area (Å²) in [6.45, 7) is 0.864. The zero-order valence-corrected chi connectivity index (χ0v) is 13.1. The number of hydrogen-bond acceptors (Lipinski definition) is 6. The molecule has 24 heavy (non-hydrogen) atoms. The van der Waals surface area contributed by atoms with Gasteiger partial charge in [-0.2, -0.15) is 0 Å². The van der Waals surface area contributed by atoms with E-state index >= 15 is 0 Å². The fourth-order valence-corrected chi connectivity index (χ4v) is 3.67. The Morgan fingerprint density at radius 1 is 1.25 bits per heavy atom. The fraction of sp³-hybridized carbons (Fsp3) is 0.353. The van der Waals surface area contributed by atoms with E-state index in [1.54, 1.807) is 24.5 Å². The Balaban J connectivity index is 1.58. The molecule has 4 unspecified atom stereocenters. The Morgan fingerprint density at radius 3 is 2.96 bits per heavy atom. The zero-order valence-electron chi connectivity index (χ0n) is 13.1. The molecule has 0 aliphatic carbocycles. The number of nitrogens with two attached hydrogens (primary N) is 1. The van der Waals surface area contributed by atoms with Gasteiger partial charge in [-0.1, -0.05) is 6.07 Å². The molecule has 2 fully saturated rings. The molecule has 4 atom stereocenters. The SMILES string of the molecule is NC(=O)c1ccnc(C2NNC3CNC(c4cccnc4)CC32)c1. The third kappa shape index (κ3) is 2.77. The smallest absolute Gasteiger partial charge is 0.248 e. The van der Waals surface area contributed by atoms with Crippen LogP contribution in [0.15, 0.2) is 42.9 Å². The lowest BCUT2D eigenvalue weighted by molar-refractivity contribution is 0.1000. The van der Waals surface area contributed by atoms with Gasteiger partial charge in [-0.3, -0.25) is 20.2 Å². The predicted molar refractivity (Wildman–Crippen MR) is 88.6 cm³/mol. The molecule has 2 saturated heterocycles. The lowest BCUT2D eigenvalue weighted by Gasteiger charge is -2.34. The van der Waals surface area contributed by atoms with Crippen molar-refractivity contribution in [3.8, 4) is 0 Å². The van der Waals surface area contributed by atoms with Gasteiger partial charge in [0.05, 0.1) is 11.7 Å². The molecule has 2 aliphatic heterocycles. The van der Waals surface area contributed by atoms with Crippen LogP contribution in [0.25, 0.3) is 0 Å². The molecule has 0 radical (unpaired) electrons. The van der Waals surface area contributed by atoms with E-state index in [1.807, 2.05) is 12.3 Å². The Kier molecular flexibility index (Phi) is 3.97. The molecule has 2 aromatic rings. The molecular weight excluding hydrogens is 304 g/mol. The number of nitrogens with one attached hydrogen (secondary N) is 3. The first kappa shape index (κ1) is 15.2. The summed E-state index contributed by atoms with van der Waals surface area (Å²) in [4.78, 5) is 20.1. The lowest BCUT2D eigenvalue weighted by Crippen LogP contribution is -2.46. The number of rotatable bonds is 3. The Bertz CT molecular complexity index is 737. The monoisotopic (exact) mass is 324 g/mol. The van der Waals surface area contributed by atoms with E-state index in [2.05, 4.69) is 32.2 Å². The van der Waals surface area contributed by atoms with Crippen LogP contribution in [0.2, 0.25) is 0 Å². The number of hydrogen-bond donors (Lipinski definition) is 4. The molecule has 1 amide bonds. The second-order valence-electron chi connectivity index (χ2n) is 6.35. The predicted octanol–water partition coefficient (Wildman–Crippen LogP) is 0.444. The summed E-state index contributed by atoms with van der Waals surface area (Å²) in [5.74, 6) is -0.0632. The van der Waals surface area contributed by atoms with Crippen LogP contribution in [0.3, 0.4) is 0 Å². The third-order valence-corrected chi connectivity index (χ3v) is 4.93. The normalized spacial score (nSPS) is 29.2. The van der Waals surface area contributed by atoms with Gasteiger partial charge in [-0.15, -0.1) is 0 Å². The van der Waals surface area contributed by atoms with Crippen molar-refractivity contribution < 1.29 is 4.79 Å². The van der Waals surface area contributed by atoms with Gasteiger partial charge in [0.2, 0.25) is 5.91 Å². The fourth-order valence-electron chi connectivity index (χ4n) is 3.67. The summed E-state index contributed by atoms with van der Waals surface area (Å²) in [5.41, 5.74) is 14.6. The Morgan fingerprint density at radius 2 is 2.17 bits per heavy atom. The van der Waals surface area contributed by atoms with Crippen molar-refractivity contribution in [2.75, 3.05) is 6.54 Å². The van der Waals surface area contributed by atoms with E-state index in [0.717, 1.165) is 18.7 Å². The average Bonchev–Trinajstić information content (AvgIpc) is 3.05. The van der Waals surface area contributed by atoms with Crippen LogP contribution in [0, 0.1) is 5.92 Å². The van der Waals surface area contributed by atoms with Crippen LogP contribution in [-0.2, 0) is 0 Å². The number of amides is 1. The first-order valence-corrected chi connectivity index (χ1v) is 8.12. The molecule has 0 aromatic carbocycles. The van der Waals surface area contributed by atoms with Crippen molar-refractivity contribution in [3.05, 3.63) is 59.7 Å². The van der Waals surface area contributed by atoms with E-state index < -0.39 is 5.91 Å². The summed E-state index contributed by atoms with van der Waals surface area (Å²) < 4.78 is 0. The zero-order chi connectivity index (χ0) is 16.5. The van der Waals surface area contributed by atoms with Crippen LogP contribution < -0.4 is 21.9 Å². The Labute approximate surface area is 140 Å². The minimum absolute atomic E-state index is 0.0515. The molecule has 0 spiro atoms. The minimum atomic E-state index is -0.431. The maximum Gasteiger partial charge on any atom is 0.248 e. The summed E-state index contributed by atoms with van der Waals surface area (Å²) in [6.07, 6.45) is 6.30. The van der Waals surface area contributed by atoms with Gasteiger partial charge in [-0.25, -0.2) is 5.43 Å². The van der Waals surface area contributed by atoms with Crippen molar-refractivity contribution in [1.82, 2.24) is 26.1 Å². The van der Waals surface area contributed by atoms with E-state index in [0.29, 0.717) is 17.5 Å². The standard InChI is InChI=1S/C17H20N6O/c18-17(24)10-3-5-20-14(6-10)16-12-7-13(11-2-1-4-19-8-11)21-9-15(12)22-23-16/h1-6,8,12-13,15-16,21-23H,7,9H2,(H2,18,24). The van der Waals surface area contributed by atoms with Crippen molar-refractivity contribution in [2.24, 2.45) is 11.7 Å². The number of primary amides is 1. The average molecular weight is 324 g/mol. The molecule has 2 aromatic heterocycles. The van der Waals surface area contributed by atoms with E-state index in [9.17, 15) is 4.79 Å². The molecule has 4 rings (SSSR count). The quantitative estimate of drug-likeness (QED) is 0.653. The molecule has 0 saturated carbocycles. The van der Waals surface area contributed by atoms with Gasteiger partial charge < -0.3 is 11.1 Å². The molecule has 2 aliphatic rings. The molecule has 7 heteroatoms. The summed E-state index contributed by atoms with van der Waals surface area (Å²) in [7, 11) is 0. The van der Waals surface area contributed by atoms with E-state index in [-0.39, 0.29) is 12.1 Å². The summed E-state index contributed by atoms with van der Waals surface area (Å²) in [5, 5.41) is 3.57. The molecular formula is C17H20N6O. The molecule has 124 valence electrons. The van der Waals surface area contributed by atoms with Crippen LogP contribution >= 0.6 is 0 Å². The van der Waals surface area contributed by atoms with Crippen molar-refractivity contribution in [2.45, 2.75) is 24.5 Å². The number of carbonyl (C=O) groups is 1. The van der Waals surface area contributed by atoms with E-state index in [1.165, 1.54) is 5.56 Å². The van der Waals surface area contributed by atoms with Gasteiger partial charge in [0, 0.05) is 48.7 Å². The van der Waals surface area contributed by atoms with Crippen LogP contribution in [-0.4, -0.2) is 28.5 Å². The number of piperidine rings is 1. The van der Waals surface area contributed by atoms with Gasteiger partial charge >= 0.3 is 0 Å². The van der Waals surface area contributed by atoms with Gasteiger partial charge in [0.25, 0.3) is 0 Å². The highest BCUT2D eigenvalue weighted by molar-refractivity contribution is 5.92. The van der Waals surface area contributed by atoms with Crippen LogP contribution in [0.4, 0.5) is 0 Å². The second-order valence-corrected chi connectivity index (χ2v) is 6.35. The lowest BCUT2D eigenvalue weighted by atomic mass is 9.81. The van der Waals surface area contributed by atoms with Gasteiger partial charge in [0.15, 0.2) is 0 Å². The largest absolute Gasteiger partial charge is 0.366 e. The highest BCUT2D eigenvalue weighted by Gasteiger charge is 2.41. The van der Waals surface area contributed by atoms with Gasteiger partial charge in [-0.05, 0) is 30.2 Å². The second kappa shape index (κ2) is 6.27. The number of pyridine rings is 2. The number of hydrazine groups is 1. The van der Waals surface area contributed by atoms with Crippen LogP contribution in [0.5, 0.6) is 0 Å². The number of nitrogens with zero attached hydrogens (tertiary/aromatic N) is 2. The van der Waals surface area contributed by atoms with Crippen molar-refractivity contribution >= 4 is 5.91 Å². The van der Waals surface area contributed by atoms with Crippen molar-refractivity contribution in [3.63, 3.8) is 0 Å². The number of fused-ring (bicyclic) bond motifs is 1. The summed E-state index contributed by atoms with van der Waals surface area (Å²) >= 11 is 0. The van der Waals surface area contributed by atoms with Crippen molar-refractivity contribution in [1.29, 1.82) is 0 Å². The minimum Gasteiger partial charge on any atom is -0.366 e. The molecule has 0 bridgehead atoms. The van der Waals surface area contributed by atoms with Crippen LogP contribution in [0.1, 0.15) is 40.1 Å². The molecule has 5 N–H and O–H groups in total. The number of aromatic nitrogens is 2.